The standard InChI is InChI=1S/C16H15Cl2N5O/c1-10(6-7-17)11-8-20-16(14-15(19)22-24-21-14)23(9-11)13-5-3-2-4-12(13)18/h2-6,9H,7-8H2,1H3,(H2,19,22)/b10-6+. The zero-order chi connectivity index (χ0) is 17.1. The molecule has 0 saturated carbocycles. The molecule has 0 fully saturated rings. The number of anilines is 2. The second-order valence-corrected chi connectivity index (χ2v) is 5.87. The van der Waals surface area contributed by atoms with E-state index in [9.17, 15) is 0 Å². The number of halogens is 2. The summed E-state index contributed by atoms with van der Waals surface area (Å²) < 4.78 is 4.71. The Morgan fingerprint density at radius 3 is 2.83 bits per heavy atom. The second kappa shape index (κ2) is 7.07. The Balaban J connectivity index is 2.10. The van der Waals surface area contributed by atoms with Gasteiger partial charge in [-0.15, -0.1) is 11.6 Å². The Bertz CT molecular complexity index is 840. The highest BCUT2D eigenvalue weighted by molar-refractivity contribution is 6.34. The first kappa shape index (κ1) is 16.5. The third-order valence-corrected chi connectivity index (χ3v) is 4.11. The molecular weight excluding hydrogens is 349 g/mol. The molecule has 0 unspecified atom stereocenters. The first-order chi connectivity index (χ1) is 11.6. The minimum Gasteiger partial charge on any atom is -0.379 e. The van der Waals surface area contributed by atoms with Crippen LogP contribution in [0.1, 0.15) is 12.6 Å². The van der Waals surface area contributed by atoms with Crippen LogP contribution in [0.2, 0.25) is 5.02 Å². The van der Waals surface area contributed by atoms with E-state index in [4.69, 9.17) is 33.6 Å². The fourth-order valence-electron chi connectivity index (χ4n) is 2.34. The Morgan fingerprint density at radius 1 is 1.38 bits per heavy atom. The summed E-state index contributed by atoms with van der Waals surface area (Å²) in [7, 11) is 0. The molecule has 0 spiro atoms. The van der Waals surface area contributed by atoms with Gasteiger partial charge in [0.25, 0.3) is 0 Å². The molecule has 0 atom stereocenters. The van der Waals surface area contributed by atoms with Gasteiger partial charge < -0.3 is 5.73 Å². The molecule has 2 aromatic rings. The number of nitrogens with two attached hydrogens (primary N) is 1. The largest absolute Gasteiger partial charge is 0.379 e. The van der Waals surface area contributed by atoms with Crippen molar-refractivity contribution < 1.29 is 4.63 Å². The maximum atomic E-state index is 6.36. The van der Waals surface area contributed by atoms with Crippen molar-refractivity contribution >= 4 is 40.5 Å². The van der Waals surface area contributed by atoms with Gasteiger partial charge in [-0.2, -0.15) is 0 Å². The fraction of sp³-hybridized carbons (Fsp3) is 0.188. The van der Waals surface area contributed by atoms with Crippen LogP contribution in [0.3, 0.4) is 0 Å². The number of aliphatic imine (C=N–C) groups is 1. The van der Waals surface area contributed by atoms with Crippen molar-refractivity contribution in [1.29, 1.82) is 0 Å². The first-order valence-electron chi connectivity index (χ1n) is 7.22. The molecule has 8 heteroatoms. The van der Waals surface area contributed by atoms with Crippen molar-refractivity contribution in [3.8, 4) is 0 Å². The molecule has 0 bridgehead atoms. The number of nitrogen functional groups attached to an aromatic ring is 1. The van der Waals surface area contributed by atoms with E-state index in [0.29, 0.717) is 29.0 Å². The molecule has 2 N–H and O–H groups in total. The predicted octanol–water partition coefficient (Wildman–Crippen LogP) is 3.64. The number of para-hydroxylation sites is 1. The minimum atomic E-state index is 0.177. The van der Waals surface area contributed by atoms with Gasteiger partial charge in [-0.3, -0.25) is 9.89 Å². The van der Waals surface area contributed by atoms with Crippen molar-refractivity contribution in [3.05, 3.63) is 58.4 Å². The smallest absolute Gasteiger partial charge is 0.199 e. The average molecular weight is 364 g/mol. The average Bonchev–Trinajstić information content (AvgIpc) is 3.01. The summed E-state index contributed by atoms with van der Waals surface area (Å²) >= 11 is 12.2. The highest BCUT2D eigenvalue weighted by Gasteiger charge is 2.25. The van der Waals surface area contributed by atoms with E-state index < -0.39 is 0 Å². The van der Waals surface area contributed by atoms with Crippen LogP contribution in [0, 0.1) is 0 Å². The van der Waals surface area contributed by atoms with Gasteiger partial charge in [0.15, 0.2) is 17.3 Å². The Morgan fingerprint density at radius 2 is 2.17 bits per heavy atom. The molecule has 1 aliphatic rings. The van der Waals surface area contributed by atoms with Gasteiger partial charge in [0, 0.05) is 12.1 Å². The lowest BCUT2D eigenvalue weighted by molar-refractivity contribution is 0.308. The number of aromatic nitrogens is 2. The summed E-state index contributed by atoms with van der Waals surface area (Å²) in [6, 6.07) is 7.46. The van der Waals surface area contributed by atoms with Crippen LogP contribution in [0.5, 0.6) is 0 Å². The summed E-state index contributed by atoms with van der Waals surface area (Å²) in [5.41, 5.74) is 9.05. The molecule has 1 aliphatic heterocycles. The van der Waals surface area contributed by atoms with Crippen LogP contribution < -0.4 is 10.6 Å². The predicted molar refractivity (Wildman–Crippen MR) is 96.6 cm³/mol. The molecule has 0 aliphatic carbocycles. The Hall–Kier alpha value is -2.31. The monoisotopic (exact) mass is 363 g/mol. The van der Waals surface area contributed by atoms with Gasteiger partial charge in [0.2, 0.25) is 0 Å². The fourth-order valence-corrected chi connectivity index (χ4v) is 2.80. The lowest BCUT2D eigenvalue weighted by Gasteiger charge is -2.27. The van der Waals surface area contributed by atoms with Crippen LogP contribution >= 0.6 is 23.2 Å². The summed E-state index contributed by atoms with van der Waals surface area (Å²) in [4.78, 5) is 6.44. The number of hydrogen-bond donors (Lipinski definition) is 1. The number of allylic oxidation sites excluding steroid dienone is 1. The molecular formula is C16H15Cl2N5O. The third-order valence-electron chi connectivity index (χ3n) is 3.64. The van der Waals surface area contributed by atoms with Gasteiger partial charge >= 0.3 is 0 Å². The van der Waals surface area contributed by atoms with E-state index in [1.165, 1.54) is 0 Å². The molecule has 2 heterocycles. The number of amidine groups is 1. The Kier molecular flexibility index (Phi) is 4.87. The molecule has 24 heavy (non-hydrogen) atoms. The van der Waals surface area contributed by atoms with Crippen molar-refractivity contribution in [2.24, 2.45) is 4.99 Å². The summed E-state index contributed by atoms with van der Waals surface area (Å²) in [5.74, 6) is 1.14. The molecule has 0 saturated heterocycles. The maximum absolute atomic E-state index is 6.36. The number of rotatable bonds is 4. The van der Waals surface area contributed by atoms with E-state index in [-0.39, 0.29) is 5.82 Å². The lowest BCUT2D eigenvalue weighted by atomic mass is 10.1. The van der Waals surface area contributed by atoms with Crippen LogP contribution in [0.25, 0.3) is 0 Å². The molecule has 124 valence electrons. The minimum absolute atomic E-state index is 0.177. The van der Waals surface area contributed by atoms with Crippen LogP contribution in [-0.4, -0.2) is 28.6 Å². The highest BCUT2D eigenvalue weighted by Crippen LogP contribution is 2.31. The van der Waals surface area contributed by atoms with E-state index in [1.54, 1.807) is 0 Å². The van der Waals surface area contributed by atoms with Crippen molar-refractivity contribution in [2.45, 2.75) is 6.92 Å². The van der Waals surface area contributed by atoms with Crippen LogP contribution in [0.15, 0.2) is 57.3 Å². The molecule has 1 aromatic heterocycles. The number of benzene rings is 1. The summed E-state index contributed by atoms with van der Waals surface area (Å²) in [6.07, 6.45) is 3.89. The van der Waals surface area contributed by atoms with E-state index in [1.807, 2.05) is 48.4 Å². The van der Waals surface area contributed by atoms with E-state index in [0.717, 1.165) is 16.8 Å². The molecule has 0 amide bonds. The zero-order valence-electron chi connectivity index (χ0n) is 12.9. The third kappa shape index (κ3) is 3.16. The molecule has 1 aromatic carbocycles. The molecule has 3 rings (SSSR count). The first-order valence-corrected chi connectivity index (χ1v) is 8.13. The van der Waals surface area contributed by atoms with Gasteiger partial charge in [-0.25, -0.2) is 4.63 Å². The normalized spacial score (nSPS) is 15.3. The van der Waals surface area contributed by atoms with Crippen molar-refractivity contribution in [3.63, 3.8) is 0 Å². The number of hydrogen-bond acceptors (Lipinski definition) is 6. The summed E-state index contributed by atoms with van der Waals surface area (Å²) in [6.45, 7) is 2.47. The number of nitrogens with zero attached hydrogens (tertiary/aromatic N) is 4. The topological polar surface area (TPSA) is 80.5 Å². The quantitative estimate of drug-likeness (QED) is 0.838. The van der Waals surface area contributed by atoms with Crippen LogP contribution in [-0.2, 0) is 0 Å². The van der Waals surface area contributed by atoms with Crippen molar-refractivity contribution in [2.75, 3.05) is 23.1 Å². The van der Waals surface area contributed by atoms with Gasteiger partial charge in [0.1, 0.15) is 0 Å². The van der Waals surface area contributed by atoms with E-state index >= 15 is 0 Å². The van der Waals surface area contributed by atoms with Crippen LogP contribution in [0.4, 0.5) is 11.5 Å². The van der Waals surface area contributed by atoms with Gasteiger partial charge in [-0.1, -0.05) is 29.8 Å². The van der Waals surface area contributed by atoms with E-state index in [2.05, 4.69) is 15.3 Å². The van der Waals surface area contributed by atoms with Gasteiger partial charge in [-0.05, 0) is 40.5 Å². The highest BCUT2D eigenvalue weighted by atomic mass is 35.5. The van der Waals surface area contributed by atoms with Crippen molar-refractivity contribution in [1.82, 2.24) is 10.3 Å². The Labute approximate surface area is 149 Å². The second-order valence-electron chi connectivity index (χ2n) is 5.16. The van der Waals surface area contributed by atoms with Gasteiger partial charge in [0.05, 0.1) is 17.3 Å². The number of alkyl halides is 1. The molecule has 0 radical (unpaired) electrons. The SMILES string of the molecule is C/C(=C\CCl)C1=CN(c2ccccc2Cl)C(c2nonc2N)=NC1. The summed E-state index contributed by atoms with van der Waals surface area (Å²) in [5, 5.41) is 8.07. The molecule has 6 nitrogen and oxygen atoms in total. The zero-order valence-corrected chi connectivity index (χ0v) is 14.4. The lowest BCUT2D eigenvalue weighted by Crippen LogP contribution is -2.32. The maximum Gasteiger partial charge on any atom is 0.199 e.